The summed E-state index contributed by atoms with van der Waals surface area (Å²) < 4.78 is 7.59. The Morgan fingerprint density at radius 2 is 1.58 bits per heavy atom. The first-order valence-electron chi connectivity index (χ1n) is 10.6. The number of nitrogens with zero attached hydrogens (tertiary/aromatic N) is 6. The second-order valence-corrected chi connectivity index (χ2v) is 7.87. The maximum absolute atomic E-state index is 6.13. The molecule has 5 rings (SSSR count). The molecule has 0 bridgehead atoms. The Kier molecular flexibility index (Phi) is 5.45. The minimum Gasteiger partial charge on any atom is -0.458 e. The van der Waals surface area contributed by atoms with E-state index in [1.807, 2.05) is 16.8 Å². The molecular formula is C23H25N7O. The molecule has 1 fully saturated rings. The van der Waals surface area contributed by atoms with Crippen LogP contribution in [0.2, 0.25) is 0 Å². The first-order chi connectivity index (χ1) is 15.2. The van der Waals surface area contributed by atoms with Crippen molar-refractivity contribution >= 4 is 16.9 Å². The molecule has 0 saturated carbocycles. The molecule has 1 saturated heterocycles. The van der Waals surface area contributed by atoms with Crippen LogP contribution >= 0.6 is 0 Å². The second kappa shape index (κ2) is 8.69. The van der Waals surface area contributed by atoms with Crippen LogP contribution in [0.5, 0.6) is 6.01 Å². The van der Waals surface area contributed by atoms with E-state index in [9.17, 15) is 0 Å². The lowest BCUT2D eigenvalue weighted by Crippen LogP contribution is -2.18. The molecular weight excluding hydrogens is 390 g/mol. The van der Waals surface area contributed by atoms with E-state index in [1.165, 1.54) is 31.5 Å². The summed E-state index contributed by atoms with van der Waals surface area (Å²) in [7, 11) is 0. The Hall–Kier alpha value is -3.52. The highest BCUT2D eigenvalue weighted by Gasteiger charge is 2.14. The summed E-state index contributed by atoms with van der Waals surface area (Å²) in [5.74, 6) is 0.363. The van der Waals surface area contributed by atoms with Crippen molar-refractivity contribution in [1.82, 2.24) is 29.6 Å². The minimum atomic E-state index is 0.240. The number of rotatable bonds is 7. The summed E-state index contributed by atoms with van der Waals surface area (Å²) in [6.07, 6.45) is 7.78. The number of nitrogen functional groups attached to an aromatic ring is 1. The zero-order chi connectivity index (χ0) is 21.0. The van der Waals surface area contributed by atoms with Gasteiger partial charge >= 0.3 is 6.01 Å². The van der Waals surface area contributed by atoms with Gasteiger partial charge in [-0.3, -0.25) is 9.88 Å². The van der Waals surface area contributed by atoms with Crippen molar-refractivity contribution in [2.75, 3.05) is 18.8 Å². The van der Waals surface area contributed by atoms with Gasteiger partial charge in [0.05, 0.1) is 18.1 Å². The minimum absolute atomic E-state index is 0.240. The summed E-state index contributed by atoms with van der Waals surface area (Å²) in [6.45, 7) is 4.38. The molecule has 158 valence electrons. The topological polar surface area (TPSA) is 95.0 Å². The van der Waals surface area contributed by atoms with Crippen LogP contribution in [-0.4, -0.2) is 42.7 Å². The maximum atomic E-state index is 6.13. The Labute approximate surface area is 180 Å². The molecule has 3 aromatic heterocycles. The van der Waals surface area contributed by atoms with Crippen LogP contribution in [-0.2, 0) is 19.7 Å². The Morgan fingerprint density at radius 3 is 2.32 bits per heavy atom. The van der Waals surface area contributed by atoms with Gasteiger partial charge in [-0.2, -0.15) is 15.1 Å². The van der Waals surface area contributed by atoms with Crippen LogP contribution in [0.1, 0.15) is 29.5 Å². The molecule has 31 heavy (non-hydrogen) atoms. The number of benzene rings is 1. The van der Waals surface area contributed by atoms with Crippen LogP contribution in [0.4, 0.5) is 5.82 Å². The number of anilines is 1. The fourth-order valence-corrected chi connectivity index (χ4v) is 3.89. The average Bonchev–Trinajstić information content (AvgIpc) is 3.45. The number of aromatic nitrogens is 5. The normalized spacial score (nSPS) is 14.3. The Morgan fingerprint density at radius 1 is 0.871 bits per heavy atom. The van der Waals surface area contributed by atoms with Gasteiger partial charge in [-0.1, -0.05) is 24.3 Å². The molecule has 4 heterocycles. The van der Waals surface area contributed by atoms with Crippen molar-refractivity contribution < 1.29 is 4.74 Å². The van der Waals surface area contributed by atoms with E-state index in [0.717, 1.165) is 23.1 Å². The first-order valence-corrected chi connectivity index (χ1v) is 10.6. The zero-order valence-electron chi connectivity index (χ0n) is 17.3. The molecule has 2 N–H and O–H groups in total. The third-order valence-corrected chi connectivity index (χ3v) is 5.58. The number of hydrogen-bond acceptors (Lipinski definition) is 7. The number of likely N-dealkylation sites (tertiary alicyclic amines) is 1. The van der Waals surface area contributed by atoms with Gasteiger partial charge in [0.1, 0.15) is 12.4 Å². The van der Waals surface area contributed by atoms with E-state index >= 15 is 0 Å². The molecule has 0 spiro atoms. The molecule has 0 aliphatic carbocycles. The Bertz CT molecular complexity index is 1150. The molecule has 1 aliphatic rings. The molecule has 0 unspecified atom stereocenters. The highest BCUT2D eigenvalue weighted by atomic mass is 16.5. The van der Waals surface area contributed by atoms with Crippen LogP contribution in [0, 0.1) is 0 Å². The lowest BCUT2D eigenvalue weighted by atomic mass is 10.1. The van der Waals surface area contributed by atoms with E-state index in [0.29, 0.717) is 24.6 Å². The van der Waals surface area contributed by atoms with Crippen molar-refractivity contribution in [3.05, 3.63) is 71.7 Å². The second-order valence-electron chi connectivity index (χ2n) is 7.87. The molecule has 0 amide bonds. The highest BCUT2D eigenvalue weighted by Crippen LogP contribution is 2.22. The molecule has 1 aromatic carbocycles. The fourth-order valence-electron chi connectivity index (χ4n) is 3.89. The third kappa shape index (κ3) is 4.49. The van der Waals surface area contributed by atoms with Gasteiger partial charge in [-0.15, -0.1) is 0 Å². The van der Waals surface area contributed by atoms with E-state index in [2.05, 4.69) is 49.2 Å². The summed E-state index contributed by atoms with van der Waals surface area (Å²) in [6, 6.07) is 12.7. The molecule has 4 aromatic rings. The molecule has 0 atom stereocenters. The van der Waals surface area contributed by atoms with Crippen molar-refractivity contribution in [3.63, 3.8) is 0 Å². The standard InChI is InChI=1S/C23H25N7O/c24-21-20-13-26-30(15-18-5-3-17(4-6-18)14-29-11-1-2-12-29)22(20)28-23(27-21)31-16-19-7-9-25-10-8-19/h3-10,13H,1-2,11-12,14-16H2,(H2,24,27,28). The highest BCUT2D eigenvalue weighted by molar-refractivity contribution is 5.85. The summed E-state index contributed by atoms with van der Waals surface area (Å²) >= 11 is 0. The van der Waals surface area contributed by atoms with Gasteiger partial charge in [0.2, 0.25) is 0 Å². The fraction of sp³-hybridized carbons (Fsp3) is 0.304. The van der Waals surface area contributed by atoms with Crippen molar-refractivity contribution in [1.29, 1.82) is 0 Å². The predicted octanol–water partition coefficient (Wildman–Crippen LogP) is 3.03. The molecule has 8 nitrogen and oxygen atoms in total. The van der Waals surface area contributed by atoms with E-state index < -0.39 is 0 Å². The van der Waals surface area contributed by atoms with Gasteiger partial charge in [0.15, 0.2) is 5.65 Å². The van der Waals surface area contributed by atoms with Gasteiger partial charge in [-0.25, -0.2) is 4.68 Å². The molecule has 0 radical (unpaired) electrons. The van der Waals surface area contributed by atoms with Crippen molar-refractivity contribution in [2.45, 2.75) is 32.5 Å². The van der Waals surface area contributed by atoms with Crippen LogP contribution < -0.4 is 10.5 Å². The van der Waals surface area contributed by atoms with Gasteiger partial charge in [0, 0.05) is 18.9 Å². The van der Waals surface area contributed by atoms with Gasteiger partial charge in [0.25, 0.3) is 0 Å². The van der Waals surface area contributed by atoms with E-state index in [-0.39, 0.29) is 6.01 Å². The smallest absolute Gasteiger partial charge is 0.320 e. The zero-order valence-corrected chi connectivity index (χ0v) is 17.3. The molecule has 8 heteroatoms. The molecule has 1 aliphatic heterocycles. The first kappa shape index (κ1) is 19.4. The summed E-state index contributed by atoms with van der Waals surface area (Å²) in [5, 5.41) is 5.20. The summed E-state index contributed by atoms with van der Waals surface area (Å²) in [4.78, 5) is 15.3. The van der Waals surface area contributed by atoms with E-state index in [1.54, 1.807) is 18.6 Å². The largest absolute Gasteiger partial charge is 0.458 e. The van der Waals surface area contributed by atoms with Crippen molar-refractivity contribution in [3.8, 4) is 6.01 Å². The maximum Gasteiger partial charge on any atom is 0.320 e. The number of ether oxygens (including phenoxy) is 1. The van der Waals surface area contributed by atoms with Crippen molar-refractivity contribution in [2.24, 2.45) is 0 Å². The SMILES string of the molecule is Nc1nc(OCc2ccncc2)nc2c1cnn2Cc1ccc(CN2CCCC2)cc1. The van der Waals surface area contributed by atoms with Crippen LogP contribution in [0.25, 0.3) is 11.0 Å². The third-order valence-electron chi connectivity index (χ3n) is 5.58. The number of pyridine rings is 1. The van der Waals surface area contributed by atoms with Crippen LogP contribution in [0.3, 0.4) is 0 Å². The van der Waals surface area contributed by atoms with Crippen LogP contribution in [0.15, 0.2) is 55.0 Å². The lowest BCUT2D eigenvalue weighted by Gasteiger charge is -2.14. The lowest BCUT2D eigenvalue weighted by molar-refractivity contribution is 0.282. The summed E-state index contributed by atoms with van der Waals surface area (Å²) in [5.41, 5.74) is 10.3. The van der Waals surface area contributed by atoms with Gasteiger partial charge < -0.3 is 10.5 Å². The predicted molar refractivity (Wildman–Crippen MR) is 118 cm³/mol. The monoisotopic (exact) mass is 415 g/mol. The quantitative estimate of drug-likeness (QED) is 0.496. The number of nitrogens with two attached hydrogens (primary N) is 1. The van der Waals surface area contributed by atoms with Gasteiger partial charge in [-0.05, 0) is 54.8 Å². The average molecular weight is 416 g/mol. The number of fused-ring (bicyclic) bond motifs is 1. The van der Waals surface area contributed by atoms with E-state index in [4.69, 9.17) is 10.5 Å². The Balaban J connectivity index is 1.31. The number of hydrogen-bond donors (Lipinski definition) is 1.